The Hall–Kier alpha value is -2.80. The van der Waals surface area contributed by atoms with Crippen molar-refractivity contribution >= 4 is 34.8 Å². The van der Waals surface area contributed by atoms with Gasteiger partial charge in [0.05, 0.1) is 11.4 Å². The van der Waals surface area contributed by atoms with Crippen LogP contribution in [-0.2, 0) is 9.59 Å². The van der Waals surface area contributed by atoms with Gasteiger partial charge < -0.3 is 0 Å². The van der Waals surface area contributed by atoms with Gasteiger partial charge in [-0.05, 0) is 48.5 Å². The molecule has 2 heterocycles. The molecule has 0 bridgehead atoms. The highest BCUT2D eigenvalue weighted by Gasteiger charge is 2.55. The predicted molar refractivity (Wildman–Crippen MR) is 85.3 cm³/mol. The molecule has 4 rings (SSSR count). The van der Waals surface area contributed by atoms with E-state index in [-0.39, 0.29) is 0 Å². The number of carbonyl (C=O) groups is 2. The molecule has 0 N–H and O–H groups in total. The first-order valence-corrected chi connectivity index (χ1v) is 7.53. The minimum absolute atomic E-state index is 0.312. The monoisotopic (exact) mass is 344 g/mol. The Morgan fingerprint density at radius 1 is 0.917 bits per heavy atom. The molecule has 0 saturated carbocycles. The zero-order chi connectivity index (χ0) is 16.8. The summed E-state index contributed by atoms with van der Waals surface area (Å²) >= 11 is 5.86. The summed E-state index contributed by atoms with van der Waals surface area (Å²) in [5.41, 5.74) is 0.921. The molecule has 0 aromatic heterocycles. The summed E-state index contributed by atoms with van der Waals surface area (Å²) in [5.74, 6) is -1.37. The highest BCUT2D eigenvalue weighted by atomic mass is 35.5. The average Bonchev–Trinajstić information content (AvgIpc) is 3.11. The fourth-order valence-electron chi connectivity index (χ4n) is 2.81. The number of fused-ring (bicyclic) bond motifs is 1. The number of rotatable bonds is 2. The number of carbonyl (C=O) groups excluding carboxylic acids is 2. The Balaban J connectivity index is 1.69. The molecule has 0 aliphatic carbocycles. The smallest absolute Gasteiger partial charge is 0.263 e. The lowest BCUT2D eigenvalue weighted by Crippen LogP contribution is -2.39. The number of nitrogens with zero attached hydrogens (tertiary/aromatic N) is 4. The van der Waals surface area contributed by atoms with Gasteiger partial charge in [-0.25, -0.2) is 14.3 Å². The number of hydrogen-bond donors (Lipinski definition) is 0. The maximum atomic E-state index is 13.1. The van der Waals surface area contributed by atoms with E-state index in [1.54, 1.807) is 24.3 Å². The fraction of sp³-hybridized carbons (Fsp3) is 0.125. The molecule has 2 amide bonds. The van der Waals surface area contributed by atoms with Crippen LogP contribution in [-0.4, -0.2) is 23.9 Å². The molecule has 2 atom stereocenters. The third-order valence-electron chi connectivity index (χ3n) is 3.96. The van der Waals surface area contributed by atoms with Gasteiger partial charge in [0.15, 0.2) is 12.1 Å². The first-order valence-electron chi connectivity index (χ1n) is 7.15. The quantitative estimate of drug-likeness (QED) is 0.787. The van der Waals surface area contributed by atoms with Crippen LogP contribution in [0.1, 0.15) is 0 Å². The summed E-state index contributed by atoms with van der Waals surface area (Å²) in [5, 5.41) is 9.84. The molecule has 2 unspecified atom stereocenters. The molecule has 2 aromatic rings. The van der Waals surface area contributed by atoms with Crippen molar-refractivity contribution in [2.75, 3.05) is 9.91 Å². The normalized spacial score (nSPS) is 22.4. The van der Waals surface area contributed by atoms with E-state index in [9.17, 15) is 14.0 Å². The maximum absolute atomic E-state index is 13.1. The van der Waals surface area contributed by atoms with Gasteiger partial charge in [-0.15, -0.1) is 0 Å². The number of anilines is 2. The Bertz CT molecular complexity index is 853. The van der Waals surface area contributed by atoms with E-state index in [0.717, 1.165) is 4.90 Å². The zero-order valence-electron chi connectivity index (χ0n) is 12.1. The molecular formula is C16H10ClFN4O2. The van der Waals surface area contributed by atoms with E-state index in [1.807, 2.05) is 0 Å². The summed E-state index contributed by atoms with van der Waals surface area (Å²) < 4.78 is 13.1. The van der Waals surface area contributed by atoms with Crippen molar-refractivity contribution in [2.24, 2.45) is 10.3 Å². The van der Waals surface area contributed by atoms with Crippen molar-refractivity contribution in [3.05, 3.63) is 59.4 Å². The van der Waals surface area contributed by atoms with Crippen molar-refractivity contribution in [1.82, 2.24) is 0 Å². The number of hydrogen-bond acceptors (Lipinski definition) is 5. The van der Waals surface area contributed by atoms with Gasteiger partial charge in [0.25, 0.3) is 11.8 Å². The van der Waals surface area contributed by atoms with Gasteiger partial charge in [0.2, 0.25) is 0 Å². The molecule has 8 heteroatoms. The molecule has 6 nitrogen and oxygen atoms in total. The molecule has 1 saturated heterocycles. The van der Waals surface area contributed by atoms with Crippen LogP contribution < -0.4 is 9.91 Å². The summed E-state index contributed by atoms with van der Waals surface area (Å²) in [6, 6.07) is 10.1. The second-order valence-electron chi connectivity index (χ2n) is 5.40. The zero-order valence-corrected chi connectivity index (χ0v) is 12.9. The van der Waals surface area contributed by atoms with E-state index in [1.165, 1.54) is 29.3 Å². The van der Waals surface area contributed by atoms with Gasteiger partial charge in [0, 0.05) is 5.02 Å². The number of amides is 2. The molecule has 2 aliphatic heterocycles. The van der Waals surface area contributed by atoms with Crippen LogP contribution in [0.3, 0.4) is 0 Å². The van der Waals surface area contributed by atoms with Crippen molar-refractivity contribution in [2.45, 2.75) is 12.1 Å². The van der Waals surface area contributed by atoms with E-state index in [2.05, 4.69) is 10.3 Å². The molecule has 2 aliphatic rings. The van der Waals surface area contributed by atoms with Crippen LogP contribution in [0.4, 0.5) is 15.8 Å². The third kappa shape index (κ3) is 2.16. The molecule has 2 aromatic carbocycles. The van der Waals surface area contributed by atoms with Crippen molar-refractivity contribution in [3.8, 4) is 0 Å². The van der Waals surface area contributed by atoms with Gasteiger partial charge in [-0.2, -0.15) is 5.11 Å². The number of imide groups is 1. The van der Waals surface area contributed by atoms with Crippen LogP contribution in [0.15, 0.2) is 58.9 Å². The molecule has 120 valence electrons. The van der Waals surface area contributed by atoms with Crippen LogP contribution in [0, 0.1) is 5.82 Å². The molecule has 0 radical (unpaired) electrons. The van der Waals surface area contributed by atoms with E-state index >= 15 is 0 Å². The van der Waals surface area contributed by atoms with Crippen LogP contribution in [0.25, 0.3) is 0 Å². The lowest BCUT2D eigenvalue weighted by Gasteiger charge is -2.20. The lowest BCUT2D eigenvalue weighted by molar-refractivity contribution is -0.121. The number of halogens is 2. The second-order valence-corrected chi connectivity index (χ2v) is 5.84. The fourth-order valence-corrected chi connectivity index (χ4v) is 2.94. The van der Waals surface area contributed by atoms with E-state index < -0.39 is 29.7 Å². The highest BCUT2D eigenvalue weighted by molar-refractivity contribution is 6.30. The van der Waals surface area contributed by atoms with E-state index in [0.29, 0.717) is 16.4 Å². The van der Waals surface area contributed by atoms with Gasteiger partial charge >= 0.3 is 0 Å². The highest BCUT2D eigenvalue weighted by Crippen LogP contribution is 2.35. The average molecular weight is 345 g/mol. The summed E-state index contributed by atoms with van der Waals surface area (Å²) in [7, 11) is 0. The third-order valence-corrected chi connectivity index (χ3v) is 4.21. The summed E-state index contributed by atoms with van der Waals surface area (Å²) in [4.78, 5) is 26.3. The van der Waals surface area contributed by atoms with Crippen molar-refractivity contribution < 1.29 is 14.0 Å². The topological polar surface area (TPSA) is 65.3 Å². The SMILES string of the molecule is O=C1C2N=NN(c3ccc(Cl)cc3)C2C(=O)N1c1ccc(F)cc1. The largest absolute Gasteiger partial charge is 0.271 e. The van der Waals surface area contributed by atoms with Crippen LogP contribution >= 0.6 is 11.6 Å². The van der Waals surface area contributed by atoms with Gasteiger partial charge in [0.1, 0.15) is 5.82 Å². The maximum Gasteiger partial charge on any atom is 0.263 e. The Morgan fingerprint density at radius 2 is 1.54 bits per heavy atom. The van der Waals surface area contributed by atoms with Gasteiger partial charge in [-0.1, -0.05) is 16.8 Å². The Kier molecular flexibility index (Phi) is 3.31. The molecule has 1 fully saturated rings. The minimum Gasteiger partial charge on any atom is -0.271 e. The Morgan fingerprint density at radius 3 is 2.21 bits per heavy atom. The molecular weight excluding hydrogens is 335 g/mol. The minimum atomic E-state index is -0.904. The van der Waals surface area contributed by atoms with Crippen LogP contribution in [0.5, 0.6) is 0 Å². The molecule has 0 spiro atoms. The number of benzene rings is 2. The molecule has 24 heavy (non-hydrogen) atoms. The lowest BCUT2D eigenvalue weighted by atomic mass is 10.1. The van der Waals surface area contributed by atoms with Crippen molar-refractivity contribution in [3.63, 3.8) is 0 Å². The van der Waals surface area contributed by atoms with Crippen LogP contribution in [0.2, 0.25) is 5.02 Å². The first-order chi connectivity index (χ1) is 11.6. The summed E-state index contributed by atoms with van der Waals surface area (Å²) in [6.45, 7) is 0. The second kappa shape index (κ2) is 5.38. The van der Waals surface area contributed by atoms with E-state index in [4.69, 9.17) is 11.6 Å². The van der Waals surface area contributed by atoms with Gasteiger partial charge in [-0.3, -0.25) is 9.59 Å². The first kappa shape index (κ1) is 14.8. The van der Waals surface area contributed by atoms with Crippen molar-refractivity contribution in [1.29, 1.82) is 0 Å². The standard InChI is InChI=1S/C16H10ClFN4O2/c17-9-1-5-12(6-2-9)22-14-13(19-20-22)15(23)21(16(14)24)11-7-3-10(18)4-8-11/h1-8,13-14H. The predicted octanol–water partition coefficient (Wildman–Crippen LogP) is 2.98. The summed E-state index contributed by atoms with van der Waals surface area (Å²) in [6.07, 6.45) is 0. The Labute approximate surface area is 141 Å².